The number of Topliss-reactive ketones (excluding diaryl/α,β-unsaturated/α-hetero) is 1. The van der Waals surface area contributed by atoms with Gasteiger partial charge in [-0.2, -0.15) is 0 Å². The van der Waals surface area contributed by atoms with E-state index in [-0.39, 0.29) is 11.7 Å². The zero-order valence-electron chi connectivity index (χ0n) is 14.2. The van der Waals surface area contributed by atoms with Crippen molar-refractivity contribution in [2.45, 2.75) is 59.4 Å². The smallest absolute Gasteiger partial charge is 0.223 e. The van der Waals surface area contributed by atoms with Gasteiger partial charge in [0.05, 0.1) is 0 Å². The van der Waals surface area contributed by atoms with Gasteiger partial charge in [0.1, 0.15) is 0 Å². The first-order chi connectivity index (χ1) is 10.4. The average molecular weight is 301 g/mol. The van der Waals surface area contributed by atoms with Gasteiger partial charge in [0, 0.05) is 31.0 Å². The summed E-state index contributed by atoms with van der Waals surface area (Å²) in [6, 6.07) is 6.18. The number of hydrogen-bond acceptors (Lipinski definition) is 2. The molecule has 0 bridgehead atoms. The Hall–Kier alpha value is -1.64. The van der Waals surface area contributed by atoms with Crippen LogP contribution >= 0.6 is 0 Å². The third kappa shape index (κ3) is 4.43. The summed E-state index contributed by atoms with van der Waals surface area (Å²) in [4.78, 5) is 26.6. The first kappa shape index (κ1) is 16.7. The molecule has 0 unspecified atom stereocenters. The minimum atomic E-state index is 0.0664. The van der Waals surface area contributed by atoms with Gasteiger partial charge in [-0.05, 0) is 49.8 Å². The van der Waals surface area contributed by atoms with E-state index in [4.69, 9.17) is 0 Å². The molecule has 0 aliphatic heterocycles. The molecule has 1 aliphatic carbocycles. The predicted molar refractivity (Wildman–Crippen MR) is 89.1 cm³/mol. The monoisotopic (exact) mass is 301 g/mol. The van der Waals surface area contributed by atoms with Gasteiger partial charge >= 0.3 is 0 Å². The number of carbonyl (C=O) groups excluding carboxylic acids is 2. The molecule has 1 aliphatic rings. The van der Waals surface area contributed by atoms with Crippen LogP contribution in [-0.2, 0) is 4.79 Å². The fourth-order valence-electron chi connectivity index (χ4n) is 2.66. The van der Waals surface area contributed by atoms with Crippen molar-refractivity contribution in [2.24, 2.45) is 5.92 Å². The molecule has 1 aromatic rings. The lowest BCUT2D eigenvalue weighted by Gasteiger charge is -2.24. The molecule has 0 N–H and O–H groups in total. The molecule has 0 aromatic heterocycles. The lowest BCUT2D eigenvalue weighted by atomic mass is 10.0. The minimum Gasteiger partial charge on any atom is -0.339 e. The zero-order chi connectivity index (χ0) is 16.3. The van der Waals surface area contributed by atoms with Gasteiger partial charge in [-0.25, -0.2) is 0 Å². The number of nitrogens with zero attached hydrogens (tertiary/aromatic N) is 1. The van der Waals surface area contributed by atoms with Gasteiger partial charge in [-0.3, -0.25) is 9.59 Å². The number of hydrogen-bond donors (Lipinski definition) is 0. The van der Waals surface area contributed by atoms with Crippen molar-refractivity contribution in [1.29, 1.82) is 0 Å². The van der Waals surface area contributed by atoms with Crippen molar-refractivity contribution >= 4 is 11.7 Å². The number of carbonyl (C=O) groups is 2. The number of amides is 1. The molecular weight excluding hydrogens is 274 g/mol. The van der Waals surface area contributed by atoms with E-state index in [0.29, 0.717) is 24.8 Å². The van der Waals surface area contributed by atoms with Crippen LogP contribution in [0.4, 0.5) is 0 Å². The third-order valence-electron chi connectivity index (χ3n) is 4.26. The second kappa shape index (κ2) is 7.08. The topological polar surface area (TPSA) is 37.4 Å². The van der Waals surface area contributed by atoms with Crippen LogP contribution in [0.2, 0.25) is 0 Å². The maximum absolute atomic E-state index is 12.4. The van der Waals surface area contributed by atoms with E-state index in [2.05, 4.69) is 13.8 Å². The van der Waals surface area contributed by atoms with Crippen molar-refractivity contribution < 1.29 is 9.59 Å². The highest BCUT2D eigenvalue weighted by atomic mass is 16.2. The Labute approximate surface area is 133 Å². The Kier molecular flexibility index (Phi) is 5.38. The van der Waals surface area contributed by atoms with Crippen LogP contribution in [0, 0.1) is 19.8 Å². The summed E-state index contributed by atoms with van der Waals surface area (Å²) in [5.74, 6) is 0.671. The summed E-state index contributed by atoms with van der Waals surface area (Å²) in [5, 5.41) is 0. The Morgan fingerprint density at radius 3 is 2.36 bits per heavy atom. The highest BCUT2D eigenvalue weighted by molar-refractivity contribution is 5.98. The van der Waals surface area contributed by atoms with Crippen LogP contribution in [0.25, 0.3) is 0 Å². The minimum absolute atomic E-state index is 0.0664. The molecule has 0 spiro atoms. The summed E-state index contributed by atoms with van der Waals surface area (Å²) in [7, 11) is 0. The van der Waals surface area contributed by atoms with E-state index < -0.39 is 0 Å². The molecule has 2 rings (SSSR count). The fourth-order valence-corrected chi connectivity index (χ4v) is 2.66. The van der Waals surface area contributed by atoms with Crippen LogP contribution in [0.15, 0.2) is 18.2 Å². The molecule has 0 heterocycles. The number of rotatable bonds is 7. The lowest BCUT2D eigenvalue weighted by Crippen LogP contribution is -2.36. The Morgan fingerprint density at radius 2 is 1.82 bits per heavy atom. The molecule has 0 radical (unpaired) electrons. The maximum Gasteiger partial charge on any atom is 0.223 e. The van der Waals surface area contributed by atoms with Crippen molar-refractivity contribution in [3.8, 4) is 0 Å². The Balaban J connectivity index is 1.91. The molecule has 1 amide bonds. The maximum atomic E-state index is 12.4. The second-order valence-electron chi connectivity index (χ2n) is 6.89. The Bertz CT molecular complexity index is 559. The van der Waals surface area contributed by atoms with Crippen molar-refractivity contribution in [2.75, 3.05) is 6.54 Å². The molecule has 0 saturated heterocycles. The Morgan fingerprint density at radius 1 is 1.14 bits per heavy atom. The van der Waals surface area contributed by atoms with Crippen LogP contribution in [0.5, 0.6) is 0 Å². The number of benzene rings is 1. The molecule has 3 heteroatoms. The van der Waals surface area contributed by atoms with Crippen LogP contribution in [0.1, 0.15) is 61.0 Å². The van der Waals surface area contributed by atoms with E-state index >= 15 is 0 Å². The van der Waals surface area contributed by atoms with Crippen molar-refractivity contribution in [3.63, 3.8) is 0 Å². The first-order valence-corrected chi connectivity index (χ1v) is 8.28. The highest BCUT2D eigenvalue weighted by Crippen LogP contribution is 2.28. The molecule has 1 aromatic carbocycles. The number of ketones is 1. The molecule has 1 saturated carbocycles. The average Bonchev–Trinajstić information content (AvgIpc) is 3.29. The van der Waals surface area contributed by atoms with Crippen LogP contribution in [0.3, 0.4) is 0 Å². The second-order valence-corrected chi connectivity index (χ2v) is 6.89. The van der Waals surface area contributed by atoms with E-state index in [1.54, 1.807) is 0 Å². The number of aryl methyl sites for hydroxylation is 2. The molecule has 1 fully saturated rings. The summed E-state index contributed by atoms with van der Waals surface area (Å²) < 4.78 is 0. The van der Waals surface area contributed by atoms with Gasteiger partial charge in [0.15, 0.2) is 5.78 Å². The molecule has 120 valence electrons. The summed E-state index contributed by atoms with van der Waals surface area (Å²) in [6.45, 7) is 9.11. The highest BCUT2D eigenvalue weighted by Gasteiger charge is 2.32. The summed E-state index contributed by atoms with van der Waals surface area (Å²) >= 11 is 0. The normalized spacial score (nSPS) is 14.2. The van der Waals surface area contributed by atoms with Crippen LogP contribution < -0.4 is 0 Å². The first-order valence-electron chi connectivity index (χ1n) is 8.28. The zero-order valence-corrected chi connectivity index (χ0v) is 14.2. The van der Waals surface area contributed by atoms with E-state index in [0.717, 1.165) is 30.5 Å². The van der Waals surface area contributed by atoms with Gasteiger partial charge < -0.3 is 4.90 Å². The predicted octanol–water partition coefficient (Wildman–Crippen LogP) is 3.91. The van der Waals surface area contributed by atoms with E-state index in [9.17, 15) is 9.59 Å². The van der Waals surface area contributed by atoms with Crippen molar-refractivity contribution in [3.05, 3.63) is 34.9 Å². The van der Waals surface area contributed by atoms with E-state index in [1.807, 2.05) is 36.9 Å². The molecule has 22 heavy (non-hydrogen) atoms. The molecule has 3 nitrogen and oxygen atoms in total. The van der Waals surface area contributed by atoms with Gasteiger partial charge in [0.25, 0.3) is 0 Å². The summed E-state index contributed by atoms with van der Waals surface area (Å²) in [5.41, 5.74) is 3.03. The molecule has 0 atom stereocenters. The quantitative estimate of drug-likeness (QED) is 0.716. The third-order valence-corrected chi connectivity index (χ3v) is 4.26. The molecular formula is C19H27NO2. The van der Waals surface area contributed by atoms with Crippen molar-refractivity contribution in [1.82, 2.24) is 4.90 Å². The largest absolute Gasteiger partial charge is 0.339 e. The lowest BCUT2D eigenvalue weighted by molar-refractivity contribution is -0.132. The van der Waals surface area contributed by atoms with Crippen LogP contribution in [-0.4, -0.2) is 29.2 Å². The summed E-state index contributed by atoms with van der Waals surface area (Å²) in [6.07, 6.45) is 2.87. The van der Waals surface area contributed by atoms with Gasteiger partial charge in [0.2, 0.25) is 5.91 Å². The fraction of sp³-hybridized carbons (Fsp3) is 0.579. The van der Waals surface area contributed by atoms with E-state index in [1.165, 1.54) is 5.56 Å². The standard InChI is InChI=1S/C19H27NO2/c1-13(2)12-20(17-7-8-17)19(22)10-9-18(21)16-6-5-14(3)15(4)11-16/h5-6,11,13,17H,7-10,12H2,1-4H3. The van der Waals surface area contributed by atoms with Gasteiger partial charge in [-0.1, -0.05) is 26.0 Å². The van der Waals surface area contributed by atoms with Gasteiger partial charge in [-0.15, -0.1) is 0 Å². The SMILES string of the molecule is Cc1ccc(C(=O)CCC(=O)N(CC(C)C)C2CC2)cc1C.